The van der Waals surface area contributed by atoms with Crippen LogP contribution in [0.25, 0.3) is 27.8 Å². The van der Waals surface area contributed by atoms with Crippen LogP contribution in [0.1, 0.15) is 5.69 Å². The highest BCUT2D eigenvalue weighted by Gasteiger charge is 2.16. The van der Waals surface area contributed by atoms with Gasteiger partial charge in [0.2, 0.25) is 0 Å². The predicted molar refractivity (Wildman–Crippen MR) is 84.0 cm³/mol. The summed E-state index contributed by atoms with van der Waals surface area (Å²) < 4.78 is 4.63. The van der Waals surface area contributed by atoms with Crippen LogP contribution in [-0.4, -0.2) is 8.97 Å². The van der Waals surface area contributed by atoms with Crippen molar-refractivity contribution in [1.82, 2.24) is 8.97 Å². The van der Waals surface area contributed by atoms with E-state index in [0.717, 1.165) is 0 Å². The number of fused-ring (bicyclic) bond motifs is 3. The molecular formula is C18H16N2. The standard InChI is InChI=1S/C18H16N2/c1-13-18(14-8-4-3-5-9-14)20-16-11-7-6-10-15(16)12-17(20)19(13)2/h3-12H,1-2H3. The van der Waals surface area contributed by atoms with E-state index in [1.54, 1.807) is 0 Å². The zero-order valence-corrected chi connectivity index (χ0v) is 11.7. The molecule has 98 valence electrons. The van der Waals surface area contributed by atoms with Gasteiger partial charge in [-0.1, -0.05) is 48.5 Å². The van der Waals surface area contributed by atoms with Gasteiger partial charge in [-0.2, -0.15) is 0 Å². The van der Waals surface area contributed by atoms with Crippen molar-refractivity contribution in [3.63, 3.8) is 0 Å². The van der Waals surface area contributed by atoms with Gasteiger partial charge in [0.15, 0.2) is 0 Å². The molecule has 0 atom stereocenters. The van der Waals surface area contributed by atoms with Crippen molar-refractivity contribution in [3.05, 3.63) is 66.4 Å². The first-order valence-corrected chi connectivity index (χ1v) is 6.88. The van der Waals surface area contributed by atoms with Crippen LogP contribution in [0.2, 0.25) is 0 Å². The minimum absolute atomic E-state index is 1.24. The Morgan fingerprint density at radius 3 is 2.35 bits per heavy atom. The molecular weight excluding hydrogens is 244 g/mol. The number of rotatable bonds is 1. The van der Waals surface area contributed by atoms with Gasteiger partial charge in [-0.05, 0) is 19.1 Å². The van der Waals surface area contributed by atoms with Crippen LogP contribution < -0.4 is 0 Å². The van der Waals surface area contributed by atoms with Crippen LogP contribution in [0, 0.1) is 6.92 Å². The third kappa shape index (κ3) is 1.39. The molecule has 0 saturated heterocycles. The van der Waals surface area contributed by atoms with Crippen LogP contribution in [0.5, 0.6) is 0 Å². The summed E-state index contributed by atoms with van der Waals surface area (Å²) in [6.45, 7) is 2.18. The number of benzene rings is 2. The first-order chi connectivity index (χ1) is 9.77. The van der Waals surface area contributed by atoms with Crippen molar-refractivity contribution >= 4 is 16.6 Å². The smallest absolute Gasteiger partial charge is 0.118 e. The number of hydrogen-bond acceptors (Lipinski definition) is 0. The minimum Gasteiger partial charge on any atom is -0.332 e. The molecule has 2 aromatic carbocycles. The second-order valence-electron chi connectivity index (χ2n) is 5.26. The lowest BCUT2D eigenvalue weighted by atomic mass is 10.1. The molecule has 4 rings (SSSR count). The van der Waals surface area contributed by atoms with Crippen molar-refractivity contribution in [2.24, 2.45) is 7.05 Å². The number of aromatic nitrogens is 2. The number of para-hydroxylation sites is 1. The summed E-state index contributed by atoms with van der Waals surface area (Å²) >= 11 is 0. The van der Waals surface area contributed by atoms with E-state index < -0.39 is 0 Å². The summed E-state index contributed by atoms with van der Waals surface area (Å²) in [6.07, 6.45) is 0. The maximum atomic E-state index is 2.36. The van der Waals surface area contributed by atoms with Crippen molar-refractivity contribution in [1.29, 1.82) is 0 Å². The fourth-order valence-corrected chi connectivity index (χ4v) is 3.05. The Kier molecular flexibility index (Phi) is 2.27. The molecule has 0 aliphatic heterocycles. The van der Waals surface area contributed by atoms with E-state index in [0.29, 0.717) is 0 Å². The van der Waals surface area contributed by atoms with Crippen LogP contribution in [-0.2, 0) is 7.05 Å². The predicted octanol–water partition coefficient (Wildman–Crippen LogP) is 4.41. The van der Waals surface area contributed by atoms with Gasteiger partial charge < -0.3 is 4.57 Å². The highest BCUT2D eigenvalue weighted by Crippen LogP contribution is 2.31. The molecule has 2 heteroatoms. The first-order valence-electron chi connectivity index (χ1n) is 6.88. The molecule has 0 amide bonds. The molecule has 2 nitrogen and oxygen atoms in total. The summed E-state index contributed by atoms with van der Waals surface area (Å²) in [7, 11) is 2.13. The van der Waals surface area contributed by atoms with Gasteiger partial charge in [-0.3, -0.25) is 4.40 Å². The van der Waals surface area contributed by atoms with Crippen molar-refractivity contribution in [2.75, 3.05) is 0 Å². The SMILES string of the molecule is Cc1c(-c2ccccc2)n2c3ccccc3cc2n1C. The Morgan fingerprint density at radius 1 is 0.850 bits per heavy atom. The summed E-state index contributed by atoms with van der Waals surface area (Å²) in [5.41, 5.74) is 6.34. The van der Waals surface area contributed by atoms with E-state index in [4.69, 9.17) is 0 Å². The van der Waals surface area contributed by atoms with E-state index in [1.807, 2.05) is 0 Å². The van der Waals surface area contributed by atoms with Crippen LogP contribution >= 0.6 is 0 Å². The molecule has 4 aromatic rings. The summed E-state index contributed by atoms with van der Waals surface area (Å²) in [5, 5.41) is 1.29. The molecule has 0 spiro atoms. The molecule has 0 radical (unpaired) electrons. The van der Waals surface area contributed by atoms with E-state index in [-0.39, 0.29) is 0 Å². The molecule has 0 bridgehead atoms. The topological polar surface area (TPSA) is 9.34 Å². The van der Waals surface area contributed by atoms with Gasteiger partial charge >= 0.3 is 0 Å². The van der Waals surface area contributed by atoms with Crippen LogP contribution in [0.15, 0.2) is 60.7 Å². The van der Waals surface area contributed by atoms with Crippen molar-refractivity contribution in [3.8, 4) is 11.3 Å². The van der Waals surface area contributed by atoms with Gasteiger partial charge in [0.25, 0.3) is 0 Å². The molecule has 0 N–H and O–H groups in total. The lowest BCUT2D eigenvalue weighted by Gasteiger charge is -2.04. The minimum atomic E-state index is 1.24. The van der Waals surface area contributed by atoms with Gasteiger partial charge in [-0.15, -0.1) is 0 Å². The Bertz CT molecular complexity index is 911. The van der Waals surface area contributed by atoms with Crippen LogP contribution in [0.4, 0.5) is 0 Å². The van der Waals surface area contributed by atoms with E-state index in [9.17, 15) is 0 Å². The lowest BCUT2D eigenvalue weighted by Crippen LogP contribution is -1.90. The Hall–Kier alpha value is -2.48. The summed E-state index contributed by atoms with van der Waals surface area (Å²) in [5.74, 6) is 0. The monoisotopic (exact) mass is 260 g/mol. The summed E-state index contributed by atoms with van der Waals surface area (Å²) in [4.78, 5) is 0. The number of imidazole rings is 1. The Labute approximate surface area is 117 Å². The zero-order chi connectivity index (χ0) is 13.7. The van der Waals surface area contributed by atoms with E-state index >= 15 is 0 Å². The quantitative estimate of drug-likeness (QED) is 0.479. The average Bonchev–Trinajstić information content (AvgIpc) is 2.97. The Balaban J connectivity index is 2.22. The molecule has 0 aliphatic carbocycles. The normalized spacial score (nSPS) is 11.5. The molecule has 0 fully saturated rings. The second kappa shape index (κ2) is 4.01. The first kappa shape index (κ1) is 11.4. The lowest BCUT2D eigenvalue weighted by molar-refractivity contribution is 0.915. The molecule has 0 unspecified atom stereocenters. The third-order valence-corrected chi connectivity index (χ3v) is 4.15. The largest absolute Gasteiger partial charge is 0.332 e. The number of nitrogens with zero attached hydrogens (tertiary/aromatic N) is 2. The van der Waals surface area contributed by atoms with Gasteiger partial charge in [0.1, 0.15) is 5.65 Å². The van der Waals surface area contributed by atoms with E-state index in [2.05, 4.69) is 83.6 Å². The maximum absolute atomic E-state index is 2.36. The fourth-order valence-electron chi connectivity index (χ4n) is 3.05. The van der Waals surface area contributed by atoms with Gasteiger partial charge in [0, 0.05) is 23.7 Å². The molecule has 2 aromatic heterocycles. The van der Waals surface area contributed by atoms with Crippen LogP contribution in [0.3, 0.4) is 0 Å². The maximum Gasteiger partial charge on any atom is 0.118 e. The number of aryl methyl sites for hydroxylation is 1. The van der Waals surface area contributed by atoms with Crippen molar-refractivity contribution < 1.29 is 0 Å². The molecule has 20 heavy (non-hydrogen) atoms. The highest BCUT2D eigenvalue weighted by atomic mass is 15.1. The summed E-state index contributed by atoms with van der Waals surface area (Å²) in [6, 6.07) is 21.4. The molecule has 2 heterocycles. The van der Waals surface area contributed by atoms with Gasteiger partial charge in [-0.25, -0.2) is 0 Å². The van der Waals surface area contributed by atoms with Gasteiger partial charge in [0.05, 0.1) is 11.2 Å². The molecule has 0 aliphatic rings. The third-order valence-electron chi connectivity index (χ3n) is 4.15. The Morgan fingerprint density at radius 2 is 1.55 bits per heavy atom. The average molecular weight is 260 g/mol. The second-order valence-corrected chi connectivity index (χ2v) is 5.26. The zero-order valence-electron chi connectivity index (χ0n) is 11.7. The van der Waals surface area contributed by atoms with Crippen molar-refractivity contribution in [2.45, 2.75) is 6.92 Å². The number of hydrogen-bond donors (Lipinski definition) is 0. The molecule has 0 saturated carbocycles. The fraction of sp³-hybridized carbons (Fsp3) is 0.111. The van der Waals surface area contributed by atoms with E-state index in [1.165, 1.54) is 33.5 Å². The highest BCUT2D eigenvalue weighted by molar-refractivity contribution is 5.89.